The molecule has 1 heterocycles. The second-order valence-electron chi connectivity index (χ2n) is 9.26. The molecule has 4 rings (SSSR count). The predicted molar refractivity (Wildman–Crippen MR) is 151 cm³/mol. The average molecular weight is 527 g/mol. The largest absolute Gasteiger partial charge is 0.495 e. The van der Waals surface area contributed by atoms with Gasteiger partial charge in [0.2, 0.25) is 0 Å². The van der Waals surface area contributed by atoms with Crippen molar-refractivity contribution in [3.63, 3.8) is 0 Å². The van der Waals surface area contributed by atoms with Crippen LogP contribution in [-0.4, -0.2) is 33.8 Å². The first-order valence-electron chi connectivity index (χ1n) is 12.4. The molecule has 0 spiro atoms. The summed E-state index contributed by atoms with van der Waals surface area (Å²) in [5, 5.41) is 14.6. The number of nitrogens with one attached hydrogen (secondary N) is 2. The highest BCUT2D eigenvalue weighted by Gasteiger charge is 2.14. The summed E-state index contributed by atoms with van der Waals surface area (Å²) in [5.74, 6) is -0.559. The first kappa shape index (κ1) is 27.1. The summed E-state index contributed by atoms with van der Waals surface area (Å²) in [6.07, 6.45) is 3.24. The lowest BCUT2D eigenvalue weighted by molar-refractivity contribution is -0.137. The maximum absolute atomic E-state index is 13.3. The second-order valence-corrected chi connectivity index (χ2v) is 9.26. The van der Waals surface area contributed by atoms with E-state index in [4.69, 9.17) is 9.84 Å². The molecule has 9 heteroatoms. The van der Waals surface area contributed by atoms with Gasteiger partial charge >= 0.3 is 12.0 Å². The van der Waals surface area contributed by atoms with Crippen molar-refractivity contribution in [3.8, 4) is 17.0 Å². The van der Waals surface area contributed by atoms with Crippen molar-refractivity contribution in [1.29, 1.82) is 0 Å². The van der Waals surface area contributed by atoms with Gasteiger partial charge in [-0.25, -0.2) is 9.78 Å². The zero-order valence-electron chi connectivity index (χ0n) is 22.0. The molecule has 0 aliphatic rings. The Kier molecular flexibility index (Phi) is 8.40. The number of carboxylic acid groups (broad SMARTS) is 1. The van der Waals surface area contributed by atoms with Gasteiger partial charge in [0.15, 0.2) is 0 Å². The van der Waals surface area contributed by atoms with Crippen molar-refractivity contribution in [3.05, 3.63) is 106 Å². The Morgan fingerprint density at radius 3 is 2.44 bits per heavy atom. The minimum Gasteiger partial charge on any atom is -0.495 e. The van der Waals surface area contributed by atoms with Gasteiger partial charge in [0.05, 0.1) is 25.8 Å². The van der Waals surface area contributed by atoms with Crippen LogP contribution in [0.1, 0.15) is 36.0 Å². The summed E-state index contributed by atoms with van der Waals surface area (Å²) in [6, 6.07) is 19.6. The third-order valence-corrected chi connectivity index (χ3v) is 6.41. The summed E-state index contributed by atoms with van der Waals surface area (Å²) in [5.41, 5.74) is 4.43. The molecule has 0 radical (unpaired) electrons. The second kappa shape index (κ2) is 12.1. The third-order valence-electron chi connectivity index (χ3n) is 6.41. The molecule has 0 fully saturated rings. The number of para-hydroxylation sites is 1. The molecule has 0 bridgehead atoms. The number of amides is 2. The number of aryl methyl sites for hydroxylation is 1. The smallest absolute Gasteiger partial charge is 0.323 e. The number of nitrogens with zero attached hydrogens (tertiary/aromatic N) is 2. The van der Waals surface area contributed by atoms with Crippen LogP contribution in [0.5, 0.6) is 5.75 Å². The zero-order chi connectivity index (χ0) is 27.9. The lowest BCUT2D eigenvalue weighted by atomic mass is 9.97. The van der Waals surface area contributed by atoms with Gasteiger partial charge in [0.25, 0.3) is 5.56 Å². The molecule has 2 amide bonds. The van der Waals surface area contributed by atoms with E-state index in [2.05, 4.69) is 15.6 Å². The molecular formula is C30H30N4O5. The molecule has 0 saturated carbocycles. The van der Waals surface area contributed by atoms with E-state index in [1.165, 1.54) is 7.11 Å². The number of methoxy groups -OCH3 is 1. The van der Waals surface area contributed by atoms with E-state index in [-0.39, 0.29) is 23.6 Å². The van der Waals surface area contributed by atoms with Gasteiger partial charge in [-0.3, -0.25) is 9.59 Å². The van der Waals surface area contributed by atoms with Crippen LogP contribution in [-0.2, 0) is 11.3 Å². The SMILES string of the molecule is COc1cc(-c2nccn(Cc3ccc(C(C)CC(=O)O)cc3)c2=O)ccc1NC(=O)Nc1ccccc1C. The normalized spacial score (nSPS) is 11.5. The van der Waals surface area contributed by atoms with E-state index in [0.29, 0.717) is 29.2 Å². The maximum Gasteiger partial charge on any atom is 0.323 e. The topological polar surface area (TPSA) is 123 Å². The fraction of sp³-hybridized carbons (Fsp3) is 0.200. The van der Waals surface area contributed by atoms with Crippen LogP contribution < -0.4 is 20.9 Å². The van der Waals surface area contributed by atoms with Crippen LogP contribution in [0.25, 0.3) is 11.3 Å². The number of hydrogen-bond donors (Lipinski definition) is 3. The first-order chi connectivity index (χ1) is 18.7. The molecule has 0 aliphatic heterocycles. The standard InChI is InChI=1S/C30H30N4O5/c1-19-6-4-5-7-24(19)32-30(38)33-25-13-12-23(17-26(25)39-3)28-29(37)34(15-14-31-28)18-21-8-10-22(11-9-21)20(2)16-27(35)36/h4-15,17,20H,16,18H2,1-3H3,(H,35,36)(H2,32,33,38). The van der Waals surface area contributed by atoms with Crippen LogP contribution in [0.3, 0.4) is 0 Å². The highest BCUT2D eigenvalue weighted by atomic mass is 16.5. The van der Waals surface area contributed by atoms with E-state index in [0.717, 1.165) is 16.7 Å². The van der Waals surface area contributed by atoms with E-state index < -0.39 is 12.0 Å². The summed E-state index contributed by atoms with van der Waals surface area (Å²) in [4.78, 5) is 41.1. The van der Waals surface area contributed by atoms with Crippen LogP contribution >= 0.6 is 0 Å². The van der Waals surface area contributed by atoms with Crippen molar-refractivity contribution >= 4 is 23.4 Å². The van der Waals surface area contributed by atoms with Crippen molar-refractivity contribution in [2.45, 2.75) is 32.7 Å². The monoisotopic (exact) mass is 526 g/mol. The van der Waals surface area contributed by atoms with Crippen LogP contribution in [0.2, 0.25) is 0 Å². The summed E-state index contributed by atoms with van der Waals surface area (Å²) in [6.45, 7) is 4.11. The van der Waals surface area contributed by atoms with Crippen LogP contribution in [0.15, 0.2) is 83.9 Å². The lowest BCUT2D eigenvalue weighted by Crippen LogP contribution is -2.23. The van der Waals surface area contributed by atoms with E-state index >= 15 is 0 Å². The van der Waals surface area contributed by atoms with E-state index in [9.17, 15) is 14.4 Å². The van der Waals surface area contributed by atoms with Crippen molar-refractivity contribution in [2.75, 3.05) is 17.7 Å². The number of rotatable bonds is 9. The molecule has 200 valence electrons. The quantitative estimate of drug-likeness (QED) is 0.265. The van der Waals surface area contributed by atoms with Gasteiger partial charge in [-0.05, 0) is 47.7 Å². The average Bonchev–Trinajstić information content (AvgIpc) is 2.91. The van der Waals surface area contributed by atoms with Crippen LogP contribution in [0.4, 0.5) is 16.2 Å². The highest BCUT2D eigenvalue weighted by molar-refractivity contribution is 6.01. The third kappa shape index (κ3) is 6.70. The molecule has 4 aromatic rings. The van der Waals surface area contributed by atoms with Gasteiger partial charge in [-0.1, -0.05) is 55.5 Å². The predicted octanol–water partition coefficient (Wildman–Crippen LogP) is 5.50. The lowest BCUT2D eigenvalue weighted by Gasteiger charge is -2.14. The summed E-state index contributed by atoms with van der Waals surface area (Å²) < 4.78 is 7.05. The molecule has 3 aromatic carbocycles. The number of ether oxygens (including phenoxy) is 1. The number of carbonyl (C=O) groups is 2. The van der Waals surface area contributed by atoms with E-state index in [1.807, 2.05) is 62.4 Å². The number of aliphatic carboxylic acids is 1. The molecule has 3 N–H and O–H groups in total. The van der Waals surface area contributed by atoms with Gasteiger partial charge < -0.3 is 25.0 Å². The number of anilines is 2. The Labute approximate surface area is 226 Å². The summed E-state index contributed by atoms with van der Waals surface area (Å²) >= 11 is 0. The van der Waals surface area contributed by atoms with E-state index in [1.54, 1.807) is 35.2 Å². The minimum atomic E-state index is -0.839. The molecule has 0 aliphatic carbocycles. The van der Waals surface area contributed by atoms with Gasteiger partial charge in [-0.15, -0.1) is 0 Å². The van der Waals surface area contributed by atoms with Gasteiger partial charge in [0, 0.05) is 23.6 Å². The minimum absolute atomic E-state index is 0.0572. The Hall–Kier alpha value is -4.92. The van der Waals surface area contributed by atoms with Crippen molar-refractivity contribution in [1.82, 2.24) is 9.55 Å². The molecule has 0 saturated heterocycles. The Bertz CT molecular complexity index is 1550. The number of aromatic nitrogens is 2. The van der Waals surface area contributed by atoms with Crippen molar-refractivity contribution in [2.24, 2.45) is 0 Å². The molecule has 1 aromatic heterocycles. The number of benzene rings is 3. The Morgan fingerprint density at radius 2 is 1.74 bits per heavy atom. The number of carboxylic acids is 1. The molecule has 39 heavy (non-hydrogen) atoms. The number of hydrogen-bond acceptors (Lipinski definition) is 5. The van der Waals surface area contributed by atoms with Crippen molar-refractivity contribution < 1.29 is 19.4 Å². The number of urea groups is 1. The van der Waals surface area contributed by atoms with Gasteiger partial charge in [-0.2, -0.15) is 0 Å². The van der Waals surface area contributed by atoms with Crippen LogP contribution in [0, 0.1) is 6.92 Å². The van der Waals surface area contributed by atoms with Gasteiger partial charge in [0.1, 0.15) is 11.4 Å². The Morgan fingerprint density at radius 1 is 1.03 bits per heavy atom. The fourth-order valence-corrected chi connectivity index (χ4v) is 4.23. The first-order valence-corrected chi connectivity index (χ1v) is 12.4. The zero-order valence-corrected chi connectivity index (χ0v) is 22.0. The number of carbonyl (C=O) groups excluding carboxylic acids is 1. The highest BCUT2D eigenvalue weighted by Crippen LogP contribution is 2.29. The molecule has 1 unspecified atom stereocenters. The summed E-state index contributed by atoms with van der Waals surface area (Å²) in [7, 11) is 1.49. The molecular weight excluding hydrogens is 496 g/mol. The Balaban J connectivity index is 1.51. The maximum atomic E-state index is 13.3. The molecule has 1 atom stereocenters. The fourth-order valence-electron chi connectivity index (χ4n) is 4.23. The molecule has 9 nitrogen and oxygen atoms in total.